The zero-order chi connectivity index (χ0) is 17.0. The van der Waals surface area contributed by atoms with Gasteiger partial charge in [0.2, 0.25) is 15.9 Å². The van der Waals surface area contributed by atoms with Crippen LogP contribution in [0, 0.1) is 0 Å². The number of sulfonamides is 1. The van der Waals surface area contributed by atoms with Crippen LogP contribution >= 0.6 is 0 Å². The van der Waals surface area contributed by atoms with Crippen LogP contribution in [0.2, 0.25) is 0 Å². The SMILES string of the molecule is CC(C)c1noc(C2CCN(CCCS(=O)(=O)N(C)C)CC2)n1. The van der Waals surface area contributed by atoms with Gasteiger partial charge in [0.05, 0.1) is 5.75 Å². The molecule has 0 unspecified atom stereocenters. The minimum atomic E-state index is -3.08. The first-order valence-corrected chi connectivity index (χ1v) is 9.86. The lowest BCUT2D eigenvalue weighted by Crippen LogP contribution is -2.35. The highest BCUT2D eigenvalue weighted by molar-refractivity contribution is 7.89. The van der Waals surface area contributed by atoms with Crippen LogP contribution in [0.3, 0.4) is 0 Å². The van der Waals surface area contributed by atoms with Crippen LogP contribution in [-0.2, 0) is 10.0 Å². The highest BCUT2D eigenvalue weighted by atomic mass is 32.2. The summed E-state index contributed by atoms with van der Waals surface area (Å²) < 4.78 is 30.2. The lowest BCUT2D eigenvalue weighted by atomic mass is 9.96. The maximum atomic E-state index is 11.7. The number of hydrogen-bond donors (Lipinski definition) is 0. The largest absolute Gasteiger partial charge is 0.339 e. The molecule has 0 N–H and O–H groups in total. The summed E-state index contributed by atoms with van der Waals surface area (Å²) in [6.07, 6.45) is 2.64. The van der Waals surface area contributed by atoms with Gasteiger partial charge in [0.15, 0.2) is 5.82 Å². The van der Waals surface area contributed by atoms with Gasteiger partial charge in [-0.15, -0.1) is 0 Å². The van der Waals surface area contributed by atoms with Gasteiger partial charge in [-0.25, -0.2) is 12.7 Å². The van der Waals surface area contributed by atoms with Crippen molar-refractivity contribution < 1.29 is 12.9 Å². The fourth-order valence-corrected chi connectivity index (χ4v) is 3.56. The van der Waals surface area contributed by atoms with Gasteiger partial charge in [0.25, 0.3) is 0 Å². The smallest absolute Gasteiger partial charge is 0.229 e. The molecule has 1 aliphatic heterocycles. The number of piperidine rings is 1. The van der Waals surface area contributed by atoms with Crippen molar-refractivity contribution in [2.24, 2.45) is 0 Å². The molecule has 2 heterocycles. The summed E-state index contributed by atoms with van der Waals surface area (Å²) in [5.41, 5.74) is 0. The van der Waals surface area contributed by atoms with Gasteiger partial charge in [-0.3, -0.25) is 0 Å². The highest BCUT2D eigenvalue weighted by Crippen LogP contribution is 2.27. The van der Waals surface area contributed by atoms with Crippen LogP contribution in [0.4, 0.5) is 0 Å². The molecule has 0 saturated carbocycles. The zero-order valence-corrected chi connectivity index (χ0v) is 15.3. The monoisotopic (exact) mass is 344 g/mol. The quantitative estimate of drug-likeness (QED) is 0.748. The van der Waals surface area contributed by atoms with E-state index in [0.717, 1.165) is 44.2 Å². The minimum Gasteiger partial charge on any atom is -0.339 e. The van der Waals surface area contributed by atoms with E-state index in [1.54, 1.807) is 14.1 Å². The summed E-state index contributed by atoms with van der Waals surface area (Å²) in [6, 6.07) is 0. The van der Waals surface area contributed by atoms with Crippen molar-refractivity contribution in [1.29, 1.82) is 0 Å². The first-order valence-electron chi connectivity index (χ1n) is 8.25. The van der Waals surface area contributed by atoms with Gasteiger partial charge in [-0.1, -0.05) is 19.0 Å². The molecule has 0 aliphatic carbocycles. The van der Waals surface area contributed by atoms with Gasteiger partial charge in [-0.05, 0) is 38.9 Å². The molecule has 0 spiro atoms. The molecule has 2 rings (SSSR count). The van der Waals surface area contributed by atoms with Crippen molar-refractivity contribution in [2.45, 2.75) is 44.9 Å². The first-order chi connectivity index (χ1) is 10.8. The van der Waals surface area contributed by atoms with Crippen LogP contribution in [0.25, 0.3) is 0 Å². The lowest BCUT2D eigenvalue weighted by molar-refractivity contribution is 0.194. The molecule has 0 bridgehead atoms. The Bertz CT molecular complexity index is 590. The number of nitrogens with zero attached hydrogens (tertiary/aromatic N) is 4. The second-order valence-electron chi connectivity index (χ2n) is 6.71. The van der Waals surface area contributed by atoms with Crippen LogP contribution in [0.5, 0.6) is 0 Å². The van der Waals surface area contributed by atoms with E-state index in [1.807, 2.05) is 0 Å². The average Bonchev–Trinajstić information content (AvgIpc) is 2.97. The topological polar surface area (TPSA) is 79.5 Å². The van der Waals surface area contributed by atoms with Crippen molar-refractivity contribution in [3.63, 3.8) is 0 Å². The van der Waals surface area contributed by atoms with Crippen molar-refractivity contribution >= 4 is 10.0 Å². The molecule has 1 aromatic heterocycles. The third kappa shape index (κ3) is 4.99. The molecule has 0 atom stereocenters. The third-order valence-corrected chi connectivity index (χ3v) is 6.26. The van der Waals surface area contributed by atoms with Gasteiger partial charge in [-0.2, -0.15) is 4.98 Å². The first kappa shape index (κ1) is 18.4. The van der Waals surface area contributed by atoms with E-state index in [4.69, 9.17) is 4.52 Å². The molecule has 1 fully saturated rings. The normalized spacial score (nSPS) is 18.2. The Labute approximate surface area is 139 Å². The van der Waals surface area contributed by atoms with Crippen molar-refractivity contribution in [2.75, 3.05) is 39.5 Å². The number of hydrogen-bond acceptors (Lipinski definition) is 6. The summed E-state index contributed by atoms with van der Waals surface area (Å²) >= 11 is 0. The molecule has 1 saturated heterocycles. The molecule has 0 radical (unpaired) electrons. The molecule has 132 valence electrons. The lowest BCUT2D eigenvalue weighted by Gasteiger charge is -2.30. The van der Waals surface area contributed by atoms with E-state index >= 15 is 0 Å². The molecular weight excluding hydrogens is 316 g/mol. The standard InChI is InChI=1S/C15H28N4O3S/c1-12(2)14-16-15(22-17-14)13-6-9-19(10-7-13)8-5-11-23(20,21)18(3)4/h12-13H,5-11H2,1-4H3. The van der Waals surface area contributed by atoms with E-state index in [-0.39, 0.29) is 11.7 Å². The Balaban J connectivity index is 1.75. The van der Waals surface area contributed by atoms with Crippen LogP contribution in [0.1, 0.15) is 56.7 Å². The summed E-state index contributed by atoms with van der Waals surface area (Å²) in [6.45, 7) is 6.83. The highest BCUT2D eigenvalue weighted by Gasteiger charge is 2.25. The number of aromatic nitrogens is 2. The van der Waals surface area contributed by atoms with Crippen molar-refractivity contribution in [3.8, 4) is 0 Å². The second-order valence-corrected chi connectivity index (χ2v) is 9.02. The summed E-state index contributed by atoms with van der Waals surface area (Å²) in [5, 5.41) is 4.03. The van der Waals surface area contributed by atoms with E-state index in [9.17, 15) is 8.42 Å². The fraction of sp³-hybridized carbons (Fsp3) is 0.867. The average molecular weight is 344 g/mol. The molecule has 1 aromatic rings. The predicted molar refractivity (Wildman–Crippen MR) is 88.9 cm³/mol. The van der Waals surface area contributed by atoms with Gasteiger partial charge in [0, 0.05) is 25.9 Å². The van der Waals surface area contributed by atoms with Crippen LogP contribution in [0.15, 0.2) is 4.52 Å². The summed E-state index contributed by atoms with van der Waals surface area (Å²) in [4.78, 5) is 6.81. The van der Waals surface area contributed by atoms with E-state index < -0.39 is 10.0 Å². The molecule has 8 heteroatoms. The van der Waals surface area contributed by atoms with E-state index in [2.05, 4.69) is 28.9 Å². The molecule has 7 nitrogen and oxygen atoms in total. The molecular formula is C15H28N4O3S. The van der Waals surface area contributed by atoms with E-state index in [0.29, 0.717) is 12.3 Å². The Morgan fingerprint density at radius 2 is 1.96 bits per heavy atom. The maximum Gasteiger partial charge on any atom is 0.229 e. The fourth-order valence-electron chi connectivity index (χ4n) is 2.70. The molecule has 1 aliphatic rings. The Morgan fingerprint density at radius 1 is 1.30 bits per heavy atom. The van der Waals surface area contributed by atoms with Crippen LogP contribution in [-0.4, -0.2) is 67.2 Å². The van der Waals surface area contributed by atoms with Crippen LogP contribution < -0.4 is 0 Å². The minimum absolute atomic E-state index is 0.210. The Hall–Kier alpha value is -0.990. The summed E-state index contributed by atoms with van der Waals surface area (Å²) in [7, 11) is 0.0752. The van der Waals surface area contributed by atoms with Crippen molar-refractivity contribution in [1.82, 2.24) is 19.3 Å². The van der Waals surface area contributed by atoms with Gasteiger partial charge < -0.3 is 9.42 Å². The van der Waals surface area contributed by atoms with Crippen molar-refractivity contribution in [3.05, 3.63) is 11.7 Å². The zero-order valence-electron chi connectivity index (χ0n) is 14.5. The molecule has 0 aromatic carbocycles. The molecule has 23 heavy (non-hydrogen) atoms. The summed E-state index contributed by atoms with van der Waals surface area (Å²) in [5.74, 6) is 2.35. The Morgan fingerprint density at radius 3 is 2.48 bits per heavy atom. The maximum absolute atomic E-state index is 11.7. The second kappa shape index (κ2) is 7.72. The Kier molecular flexibility index (Phi) is 6.16. The number of likely N-dealkylation sites (tertiary alicyclic amines) is 1. The molecule has 0 amide bonds. The number of rotatable bonds is 7. The predicted octanol–water partition coefficient (Wildman–Crippen LogP) is 1.65. The van der Waals surface area contributed by atoms with E-state index in [1.165, 1.54) is 4.31 Å². The van der Waals surface area contributed by atoms with Gasteiger partial charge >= 0.3 is 0 Å². The third-order valence-electron chi connectivity index (χ3n) is 4.34. The van der Waals surface area contributed by atoms with Gasteiger partial charge in [0.1, 0.15) is 0 Å².